The minimum absolute atomic E-state index is 0.0122. The number of fused-ring (bicyclic) bond motifs is 4. The van der Waals surface area contributed by atoms with Crippen molar-refractivity contribution < 1.29 is 4.79 Å². The van der Waals surface area contributed by atoms with Gasteiger partial charge in [-0.3, -0.25) is 4.79 Å². The molecule has 0 bridgehead atoms. The van der Waals surface area contributed by atoms with Crippen molar-refractivity contribution in [2.24, 2.45) is 0 Å². The highest BCUT2D eigenvalue weighted by Crippen LogP contribution is 2.38. The second kappa shape index (κ2) is 13.3. The van der Waals surface area contributed by atoms with E-state index < -0.39 is 0 Å². The molecule has 0 N–H and O–H groups in total. The van der Waals surface area contributed by atoms with Crippen LogP contribution in [0, 0.1) is 0 Å². The molecule has 0 amide bonds. The summed E-state index contributed by atoms with van der Waals surface area (Å²) < 4.78 is 0. The number of ketones is 1. The van der Waals surface area contributed by atoms with Gasteiger partial charge in [-0.1, -0.05) is 158 Å². The number of carbonyl (C=O) groups is 1. The van der Waals surface area contributed by atoms with Gasteiger partial charge in [-0.15, -0.1) is 0 Å². The van der Waals surface area contributed by atoms with Gasteiger partial charge < -0.3 is 0 Å². The van der Waals surface area contributed by atoms with E-state index in [9.17, 15) is 0 Å². The SMILES string of the molecule is O=C(c1cc(C2=c3ccccc3=CCC2)cc(-c2cccc3ccccc23)c1)c1cc(-c2cccc3ccccc23)cc(-c2cccc3ccccc23)c1. The van der Waals surface area contributed by atoms with Gasteiger partial charge in [0, 0.05) is 11.1 Å². The van der Waals surface area contributed by atoms with Crippen LogP contribution < -0.4 is 10.4 Å². The molecule has 0 saturated carbocycles. The van der Waals surface area contributed by atoms with Crippen LogP contribution in [0.1, 0.15) is 34.3 Å². The van der Waals surface area contributed by atoms with E-state index in [0.29, 0.717) is 11.1 Å². The van der Waals surface area contributed by atoms with Crippen molar-refractivity contribution in [3.8, 4) is 33.4 Å². The molecule has 0 heterocycles. The first-order valence-corrected chi connectivity index (χ1v) is 18.8. The average Bonchev–Trinajstić information content (AvgIpc) is 3.25. The topological polar surface area (TPSA) is 17.1 Å². The Morgan fingerprint density at radius 2 is 0.796 bits per heavy atom. The fourth-order valence-electron chi connectivity index (χ4n) is 8.51. The molecule has 0 atom stereocenters. The van der Waals surface area contributed by atoms with Gasteiger partial charge in [-0.25, -0.2) is 0 Å². The number of benzene rings is 9. The Morgan fingerprint density at radius 3 is 1.31 bits per heavy atom. The lowest BCUT2D eigenvalue weighted by atomic mass is 9.86. The van der Waals surface area contributed by atoms with E-state index in [-0.39, 0.29) is 5.78 Å². The van der Waals surface area contributed by atoms with Crippen molar-refractivity contribution in [1.82, 2.24) is 0 Å². The molecule has 1 aliphatic rings. The summed E-state index contributed by atoms with van der Waals surface area (Å²) in [5, 5.41) is 9.53. The summed E-state index contributed by atoms with van der Waals surface area (Å²) in [4.78, 5) is 15.3. The number of carbonyl (C=O) groups excluding carboxylic acids is 1. The Hall–Kier alpha value is -6.83. The van der Waals surface area contributed by atoms with E-state index in [2.05, 4.69) is 194 Å². The molecule has 0 radical (unpaired) electrons. The lowest BCUT2D eigenvalue weighted by molar-refractivity contribution is 0.103. The Bertz CT molecular complexity index is 2960. The molecule has 1 aliphatic carbocycles. The maximum atomic E-state index is 15.3. The molecule has 54 heavy (non-hydrogen) atoms. The molecule has 0 fully saturated rings. The first-order chi connectivity index (χ1) is 26.7. The molecular formula is C53H36O. The highest BCUT2D eigenvalue weighted by atomic mass is 16.1. The summed E-state index contributed by atoms with van der Waals surface area (Å²) in [5.74, 6) is 0.0122. The zero-order valence-corrected chi connectivity index (χ0v) is 29.8. The quantitative estimate of drug-likeness (QED) is 0.159. The Balaban J connectivity index is 1.22. The zero-order valence-electron chi connectivity index (χ0n) is 29.8. The Labute approximate surface area is 314 Å². The molecular weight excluding hydrogens is 653 g/mol. The minimum atomic E-state index is 0.0122. The lowest BCUT2D eigenvalue weighted by Crippen LogP contribution is -2.29. The molecule has 9 aromatic carbocycles. The normalized spacial score (nSPS) is 12.5. The third kappa shape index (κ3) is 5.62. The van der Waals surface area contributed by atoms with Crippen LogP contribution >= 0.6 is 0 Å². The van der Waals surface area contributed by atoms with Crippen LogP contribution in [0.15, 0.2) is 188 Å². The first kappa shape index (κ1) is 31.9. The second-order valence-corrected chi connectivity index (χ2v) is 14.3. The van der Waals surface area contributed by atoms with Crippen molar-refractivity contribution in [2.45, 2.75) is 12.8 Å². The molecule has 0 spiro atoms. The van der Waals surface area contributed by atoms with Gasteiger partial charge in [0.1, 0.15) is 0 Å². The summed E-state index contributed by atoms with van der Waals surface area (Å²) in [7, 11) is 0. The highest BCUT2D eigenvalue weighted by molar-refractivity contribution is 6.13. The molecule has 0 aromatic heterocycles. The van der Waals surface area contributed by atoms with E-state index in [4.69, 9.17) is 0 Å². The maximum absolute atomic E-state index is 15.3. The number of hydrogen-bond acceptors (Lipinski definition) is 1. The van der Waals surface area contributed by atoms with Crippen molar-refractivity contribution in [3.05, 3.63) is 215 Å². The van der Waals surface area contributed by atoms with Crippen LogP contribution in [0.4, 0.5) is 0 Å². The summed E-state index contributed by atoms with van der Waals surface area (Å²) in [5.41, 5.74) is 10.2. The number of rotatable bonds is 6. The summed E-state index contributed by atoms with van der Waals surface area (Å²) in [6, 6.07) is 66.5. The molecule has 254 valence electrons. The first-order valence-electron chi connectivity index (χ1n) is 18.8. The van der Waals surface area contributed by atoms with E-state index in [0.717, 1.165) is 62.6 Å². The lowest BCUT2D eigenvalue weighted by Gasteiger charge is -2.17. The van der Waals surface area contributed by atoms with Gasteiger partial charge in [0.05, 0.1) is 0 Å². The van der Waals surface area contributed by atoms with Gasteiger partial charge in [-0.2, -0.15) is 0 Å². The molecule has 0 saturated heterocycles. The fraction of sp³-hybridized carbons (Fsp3) is 0.0377. The van der Waals surface area contributed by atoms with Crippen molar-refractivity contribution in [1.29, 1.82) is 0 Å². The predicted molar refractivity (Wildman–Crippen MR) is 227 cm³/mol. The van der Waals surface area contributed by atoms with Gasteiger partial charge in [0.15, 0.2) is 5.78 Å². The molecule has 0 unspecified atom stereocenters. The maximum Gasteiger partial charge on any atom is 0.193 e. The van der Waals surface area contributed by atoms with Gasteiger partial charge >= 0.3 is 0 Å². The van der Waals surface area contributed by atoms with Crippen LogP contribution in [-0.2, 0) is 0 Å². The van der Waals surface area contributed by atoms with E-state index >= 15 is 4.79 Å². The minimum Gasteiger partial charge on any atom is -0.289 e. The molecule has 9 aromatic rings. The van der Waals surface area contributed by atoms with Crippen LogP contribution in [0.3, 0.4) is 0 Å². The molecule has 1 nitrogen and oxygen atoms in total. The van der Waals surface area contributed by atoms with Crippen molar-refractivity contribution in [3.63, 3.8) is 0 Å². The summed E-state index contributed by atoms with van der Waals surface area (Å²) >= 11 is 0. The molecule has 10 rings (SSSR count). The molecule has 0 aliphatic heterocycles. The van der Waals surface area contributed by atoms with E-state index in [1.54, 1.807) is 0 Å². The molecule has 1 heteroatoms. The summed E-state index contributed by atoms with van der Waals surface area (Å²) in [6.07, 6.45) is 4.22. The number of hydrogen-bond donors (Lipinski definition) is 0. The van der Waals surface area contributed by atoms with Crippen LogP contribution in [0.5, 0.6) is 0 Å². The summed E-state index contributed by atoms with van der Waals surface area (Å²) in [6.45, 7) is 0. The largest absolute Gasteiger partial charge is 0.289 e. The Kier molecular flexibility index (Phi) is 7.85. The van der Waals surface area contributed by atoms with Gasteiger partial charge in [0.25, 0.3) is 0 Å². The average molecular weight is 689 g/mol. The third-order valence-corrected chi connectivity index (χ3v) is 11.1. The van der Waals surface area contributed by atoms with Crippen LogP contribution in [0.25, 0.3) is 77.3 Å². The van der Waals surface area contributed by atoms with E-state index in [1.807, 2.05) is 0 Å². The van der Waals surface area contributed by atoms with E-state index in [1.165, 1.54) is 37.6 Å². The second-order valence-electron chi connectivity index (χ2n) is 14.3. The smallest absolute Gasteiger partial charge is 0.193 e. The van der Waals surface area contributed by atoms with Crippen LogP contribution in [-0.4, -0.2) is 5.78 Å². The fourth-order valence-corrected chi connectivity index (χ4v) is 8.51. The van der Waals surface area contributed by atoms with Crippen LogP contribution in [0.2, 0.25) is 0 Å². The van der Waals surface area contributed by atoms with Crippen molar-refractivity contribution >= 4 is 49.7 Å². The third-order valence-electron chi connectivity index (χ3n) is 11.1. The monoisotopic (exact) mass is 688 g/mol. The highest BCUT2D eigenvalue weighted by Gasteiger charge is 2.19. The zero-order chi connectivity index (χ0) is 36.0. The predicted octanol–water partition coefficient (Wildman–Crippen LogP) is 12.2. The van der Waals surface area contributed by atoms with Gasteiger partial charge in [-0.05, 0) is 137 Å². The van der Waals surface area contributed by atoms with Gasteiger partial charge in [0.2, 0.25) is 0 Å². The Morgan fingerprint density at radius 1 is 0.389 bits per heavy atom. The standard InChI is InChI=1S/C53H36O/c54-53(43-31-39(49-25-9-17-35-13-1-5-21-45(35)49)29-40(32-43)50-26-10-18-36-14-2-6-22-46(36)50)44-33-41(51-27-11-19-37-15-3-7-23-47(37)51)30-42(34-44)52-28-12-20-38-16-4-8-24-48(38)52/h1-11,13-27,29-34H,12,28H2. The van der Waals surface area contributed by atoms with Crippen molar-refractivity contribution in [2.75, 3.05) is 0 Å².